The summed E-state index contributed by atoms with van der Waals surface area (Å²) in [4.78, 5) is 0. The molecule has 4 nitrogen and oxygen atoms in total. The second kappa shape index (κ2) is 8.13. The highest BCUT2D eigenvalue weighted by Gasteiger charge is 2.14. The van der Waals surface area contributed by atoms with Gasteiger partial charge in [0.15, 0.2) is 11.0 Å². The normalized spacial score (nSPS) is 10.5. The summed E-state index contributed by atoms with van der Waals surface area (Å²) < 4.78 is 3.12. The molecular weight excluding hydrogens is 384 g/mol. The number of benzene rings is 2. The predicted octanol–water partition coefficient (Wildman–Crippen LogP) is 4.57. The van der Waals surface area contributed by atoms with E-state index in [1.807, 2.05) is 42.5 Å². The maximum Gasteiger partial charge on any atom is 0.192 e. The summed E-state index contributed by atoms with van der Waals surface area (Å²) in [5.74, 6) is 1.20. The summed E-state index contributed by atoms with van der Waals surface area (Å²) >= 11 is 4.87. The Morgan fingerprint density at radius 2 is 1.79 bits per heavy atom. The molecule has 0 fully saturated rings. The molecule has 24 heavy (non-hydrogen) atoms. The van der Waals surface area contributed by atoms with E-state index >= 15 is 0 Å². The number of thioether (sulfide) groups is 1. The minimum Gasteiger partial charge on any atom is -0.302 e. The fourth-order valence-corrected chi connectivity index (χ4v) is 3.28. The number of nitriles is 1. The van der Waals surface area contributed by atoms with Gasteiger partial charge in [0.05, 0.1) is 11.8 Å². The van der Waals surface area contributed by atoms with E-state index in [1.54, 1.807) is 0 Å². The van der Waals surface area contributed by atoms with Gasteiger partial charge in [0.25, 0.3) is 0 Å². The molecule has 0 saturated carbocycles. The Kier molecular flexibility index (Phi) is 5.68. The third kappa shape index (κ3) is 4.05. The predicted molar refractivity (Wildman–Crippen MR) is 99.6 cm³/mol. The van der Waals surface area contributed by atoms with Crippen LogP contribution in [0.25, 0.3) is 11.4 Å². The molecule has 3 aromatic rings. The average molecular weight is 399 g/mol. The van der Waals surface area contributed by atoms with Crippen LogP contribution in [0.5, 0.6) is 0 Å². The van der Waals surface area contributed by atoms with Crippen molar-refractivity contribution >= 4 is 27.7 Å². The fraction of sp³-hybridized carbons (Fsp3) is 0.167. The van der Waals surface area contributed by atoms with Gasteiger partial charge in [-0.3, -0.25) is 0 Å². The molecule has 0 bridgehead atoms. The molecule has 1 aromatic heterocycles. The number of hydrogen-bond acceptors (Lipinski definition) is 4. The largest absolute Gasteiger partial charge is 0.302 e. The highest BCUT2D eigenvalue weighted by molar-refractivity contribution is 9.10. The smallest absolute Gasteiger partial charge is 0.192 e. The van der Waals surface area contributed by atoms with Crippen LogP contribution in [0.1, 0.15) is 5.56 Å². The molecule has 0 spiro atoms. The standard InChI is InChI=1S/C18H15BrN4S/c19-16-8-6-15(7-9-16)17-21-22-18(24-13-11-20)23(17)12-10-14-4-2-1-3-5-14/h1-9H,10,12-13H2. The molecule has 0 radical (unpaired) electrons. The second-order valence-corrected chi connectivity index (χ2v) is 7.01. The molecule has 0 atom stereocenters. The lowest BCUT2D eigenvalue weighted by Crippen LogP contribution is -2.05. The first-order valence-electron chi connectivity index (χ1n) is 7.51. The van der Waals surface area contributed by atoms with Gasteiger partial charge >= 0.3 is 0 Å². The van der Waals surface area contributed by atoms with Crippen molar-refractivity contribution < 1.29 is 0 Å². The van der Waals surface area contributed by atoms with E-state index in [9.17, 15) is 0 Å². The SMILES string of the molecule is N#CCSc1nnc(-c2ccc(Br)cc2)n1CCc1ccccc1. The van der Waals surface area contributed by atoms with Crippen LogP contribution < -0.4 is 0 Å². The number of halogens is 1. The van der Waals surface area contributed by atoms with Gasteiger partial charge in [-0.1, -0.05) is 70.2 Å². The number of nitrogens with zero attached hydrogens (tertiary/aromatic N) is 4. The topological polar surface area (TPSA) is 54.5 Å². The van der Waals surface area contributed by atoms with Crippen molar-refractivity contribution in [2.75, 3.05) is 5.75 Å². The molecule has 0 saturated heterocycles. The second-order valence-electron chi connectivity index (χ2n) is 5.15. The van der Waals surface area contributed by atoms with E-state index in [2.05, 4.69) is 48.9 Å². The van der Waals surface area contributed by atoms with Crippen molar-refractivity contribution in [2.45, 2.75) is 18.1 Å². The number of hydrogen-bond donors (Lipinski definition) is 0. The number of aromatic nitrogens is 3. The Balaban J connectivity index is 1.89. The maximum absolute atomic E-state index is 8.85. The van der Waals surface area contributed by atoms with Crippen LogP contribution in [0.2, 0.25) is 0 Å². The summed E-state index contributed by atoms with van der Waals surface area (Å²) in [6.07, 6.45) is 0.891. The van der Waals surface area contributed by atoms with Gasteiger partial charge in [0.2, 0.25) is 0 Å². The van der Waals surface area contributed by atoms with Crippen LogP contribution in [-0.4, -0.2) is 20.5 Å². The van der Waals surface area contributed by atoms with Gasteiger partial charge in [-0.25, -0.2) is 0 Å². The van der Waals surface area contributed by atoms with E-state index in [0.717, 1.165) is 34.0 Å². The molecule has 0 unspecified atom stereocenters. The van der Waals surface area contributed by atoms with E-state index in [0.29, 0.717) is 5.75 Å². The van der Waals surface area contributed by atoms with Gasteiger partial charge in [0, 0.05) is 16.6 Å². The lowest BCUT2D eigenvalue weighted by molar-refractivity contribution is 0.640. The van der Waals surface area contributed by atoms with Gasteiger partial charge in [0.1, 0.15) is 0 Å². The molecule has 0 aliphatic rings. The third-order valence-corrected chi connectivity index (χ3v) is 4.91. The molecule has 120 valence electrons. The summed E-state index contributed by atoms with van der Waals surface area (Å²) in [6.45, 7) is 0.774. The average Bonchev–Trinajstić information content (AvgIpc) is 3.02. The minimum absolute atomic E-state index is 0.365. The first-order chi connectivity index (χ1) is 11.8. The quantitative estimate of drug-likeness (QED) is 0.570. The molecular formula is C18H15BrN4S. The van der Waals surface area contributed by atoms with Crippen molar-refractivity contribution in [3.63, 3.8) is 0 Å². The van der Waals surface area contributed by atoms with E-state index in [1.165, 1.54) is 17.3 Å². The summed E-state index contributed by atoms with van der Waals surface area (Å²) in [5.41, 5.74) is 2.28. The van der Waals surface area contributed by atoms with Crippen LogP contribution >= 0.6 is 27.7 Å². The first kappa shape index (κ1) is 16.7. The van der Waals surface area contributed by atoms with Crippen LogP contribution in [0.4, 0.5) is 0 Å². The fourth-order valence-electron chi connectivity index (χ4n) is 2.39. The Labute approximate surface area is 153 Å². The van der Waals surface area contributed by atoms with E-state index in [4.69, 9.17) is 5.26 Å². The van der Waals surface area contributed by atoms with Crippen molar-refractivity contribution in [3.05, 3.63) is 64.6 Å². The van der Waals surface area contributed by atoms with E-state index in [-0.39, 0.29) is 0 Å². The molecule has 6 heteroatoms. The van der Waals surface area contributed by atoms with Crippen LogP contribution in [0.3, 0.4) is 0 Å². The van der Waals surface area contributed by atoms with Crippen LogP contribution in [-0.2, 0) is 13.0 Å². The number of rotatable bonds is 6. The van der Waals surface area contributed by atoms with Crippen LogP contribution in [0, 0.1) is 11.3 Å². The minimum atomic E-state index is 0.365. The zero-order valence-electron chi connectivity index (χ0n) is 12.9. The van der Waals surface area contributed by atoms with Gasteiger partial charge in [-0.2, -0.15) is 5.26 Å². The lowest BCUT2D eigenvalue weighted by Gasteiger charge is -2.10. The highest BCUT2D eigenvalue weighted by atomic mass is 79.9. The molecule has 0 aliphatic heterocycles. The Hall–Kier alpha value is -2.10. The zero-order valence-corrected chi connectivity index (χ0v) is 15.3. The van der Waals surface area contributed by atoms with Crippen molar-refractivity contribution in [1.29, 1.82) is 5.26 Å². The van der Waals surface area contributed by atoms with Crippen molar-refractivity contribution in [1.82, 2.24) is 14.8 Å². The molecule has 0 N–H and O–H groups in total. The maximum atomic E-state index is 8.85. The third-order valence-electron chi connectivity index (χ3n) is 3.55. The highest BCUT2D eigenvalue weighted by Crippen LogP contribution is 2.25. The molecule has 0 amide bonds. The molecule has 2 aromatic carbocycles. The van der Waals surface area contributed by atoms with Crippen molar-refractivity contribution in [2.24, 2.45) is 0 Å². The molecule has 0 aliphatic carbocycles. The lowest BCUT2D eigenvalue weighted by atomic mass is 10.1. The van der Waals surface area contributed by atoms with E-state index < -0.39 is 0 Å². The summed E-state index contributed by atoms with van der Waals surface area (Å²) in [6, 6.07) is 20.5. The monoisotopic (exact) mass is 398 g/mol. The Morgan fingerprint density at radius 1 is 1.04 bits per heavy atom. The number of aryl methyl sites for hydroxylation is 1. The van der Waals surface area contributed by atoms with Gasteiger partial charge < -0.3 is 4.57 Å². The Morgan fingerprint density at radius 3 is 2.50 bits per heavy atom. The molecule has 1 heterocycles. The van der Waals surface area contributed by atoms with Crippen molar-refractivity contribution in [3.8, 4) is 17.5 Å². The van der Waals surface area contributed by atoms with Gasteiger partial charge in [-0.05, 0) is 24.1 Å². The van der Waals surface area contributed by atoms with Crippen LogP contribution in [0.15, 0.2) is 64.2 Å². The van der Waals surface area contributed by atoms with Gasteiger partial charge in [-0.15, -0.1) is 10.2 Å². The summed E-state index contributed by atoms with van der Waals surface area (Å²) in [5, 5.41) is 18.3. The Bertz CT molecular complexity index is 838. The zero-order chi connectivity index (χ0) is 16.8. The first-order valence-corrected chi connectivity index (χ1v) is 9.28. The molecule has 3 rings (SSSR count). The summed E-state index contributed by atoms with van der Waals surface area (Å²) in [7, 11) is 0.